The molecule has 1 aliphatic carbocycles. The fourth-order valence-electron chi connectivity index (χ4n) is 5.01. The molecule has 1 aliphatic heterocycles. The molecular formula is C26H21FN4O2S. The molecule has 6 rings (SSSR count). The first-order valence-electron chi connectivity index (χ1n) is 11.2. The van der Waals surface area contributed by atoms with Crippen LogP contribution in [-0.2, 0) is 0 Å². The number of thiazole rings is 1. The molecule has 3 atom stereocenters. The van der Waals surface area contributed by atoms with E-state index in [1.54, 1.807) is 36.0 Å². The first-order chi connectivity index (χ1) is 16.6. The molecule has 1 saturated heterocycles. The van der Waals surface area contributed by atoms with Gasteiger partial charge in [0.15, 0.2) is 0 Å². The van der Waals surface area contributed by atoms with Crippen LogP contribution < -0.4 is 5.32 Å². The van der Waals surface area contributed by atoms with Gasteiger partial charge in [-0.3, -0.25) is 14.6 Å². The molecule has 3 heterocycles. The van der Waals surface area contributed by atoms with E-state index in [2.05, 4.69) is 15.3 Å². The summed E-state index contributed by atoms with van der Waals surface area (Å²) in [6.07, 6.45) is 3.47. The van der Waals surface area contributed by atoms with Crippen LogP contribution in [0.4, 0.5) is 4.39 Å². The van der Waals surface area contributed by atoms with Gasteiger partial charge in [0, 0.05) is 29.7 Å². The Morgan fingerprint density at radius 2 is 1.91 bits per heavy atom. The fourth-order valence-corrected chi connectivity index (χ4v) is 5.82. The minimum atomic E-state index is -0.376. The van der Waals surface area contributed by atoms with Crippen LogP contribution in [0.2, 0.25) is 0 Å². The van der Waals surface area contributed by atoms with E-state index in [1.807, 2.05) is 29.2 Å². The Labute approximate surface area is 199 Å². The summed E-state index contributed by atoms with van der Waals surface area (Å²) < 4.78 is 14.4. The zero-order valence-corrected chi connectivity index (χ0v) is 19.0. The van der Waals surface area contributed by atoms with Gasteiger partial charge in [-0.25, -0.2) is 9.37 Å². The molecule has 6 nitrogen and oxygen atoms in total. The molecule has 2 aromatic heterocycles. The predicted octanol–water partition coefficient (Wildman–Crippen LogP) is 4.53. The van der Waals surface area contributed by atoms with Gasteiger partial charge in [-0.05, 0) is 37.0 Å². The second-order valence-corrected chi connectivity index (χ2v) is 9.62. The molecular weight excluding hydrogens is 451 g/mol. The minimum Gasteiger partial charge on any atom is -0.350 e. The zero-order valence-electron chi connectivity index (χ0n) is 18.1. The lowest BCUT2D eigenvalue weighted by Crippen LogP contribution is -2.45. The van der Waals surface area contributed by atoms with Crippen LogP contribution in [0.1, 0.15) is 33.7 Å². The largest absolute Gasteiger partial charge is 0.350 e. The summed E-state index contributed by atoms with van der Waals surface area (Å²) in [5, 5.41) is 3.91. The molecule has 8 heteroatoms. The average molecular weight is 473 g/mol. The second-order valence-electron chi connectivity index (χ2n) is 8.77. The molecule has 2 amide bonds. The number of carbonyl (C=O) groups is 2. The van der Waals surface area contributed by atoms with Crippen molar-refractivity contribution < 1.29 is 14.0 Å². The van der Waals surface area contributed by atoms with Gasteiger partial charge in [0.25, 0.3) is 11.8 Å². The van der Waals surface area contributed by atoms with Crippen LogP contribution in [0, 0.1) is 11.7 Å². The van der Waals surface area contributed by atoms with Gasteiger partial charge >= 0.3 is 0 Å². The molecule has 0 bridgehead atoms. The van der Waals surface area contributed by atoms with Crippen molar-refractivity contribution in [3.8, 4) is 10.4 Å². The maximum atomic E-state index is 14.4. The summed E-state index contributed by atoms with van der Waals surface area (Å²) in [4.78, 5) is 37.6. The molecule has 1 saturated carbocycles. The number of carbonyl (C=O) groups excluding carboxylic acids is 2. The van der Waals surface area contributed by atoms with E-state index < -0.39 is 0 Å². The average Bonchev–Trinajstić information content (AvgIpc) is 3.27. The van der Waals surface area contributed by atoms with Crippen LogP contribution in [0.5, 0.6) is 0 Å². The van der Waals surface area contributed by atoms with E-state index in [-0.39, 0.29) is 35.4 Å². The van der Waals surface area contributed by atoms with Crippen LogP contribution in [-0.4, -0.2) is 45.3 Å². The third-order valence-corrected chi connectivity index (χ3v) is 7.57. The lowest BCUT2D eigenvalue weighted by atomic mass is 10.1. The van der Waals surface area contributed by atoms with E-state index in [1.165, 1.54) is 17.4 Å². The predicted molar refractivity (Wildman–Crippen MR) is 128 cm³/mol. The molecule has 2 fully saturated rings. The van der Waals surface area contributed by atoms with Gasteiger partial charge in [0.1, 0.15) is 11.5 Å². The molecule has 170 valence electrons. The minimum absolute atomic E-state index is 0.127. The van der Waals surface area contributed by atoms with Crippen molar-refractivity contribution >= 4 is 34.1 Å². The summed E-state index contributed by atoms with van der Waals surface area (Å²) >= 11 is 1.26. The molecule has 0 spiro atoms. The number of halogens is 1. The topological polar surface area (TPSA) is 75.2 Å². The van der Waals surface area contributed by atoms with E-state index in [0.29, 0.717) is 34.0 Å². The third kappa shape index (κ3) is 3.54. The Hall–Kier alpha value is -3.65. The normalized spacial score (nSPS) is 20.9. The van der Waals surface area contributed by atoms with Crippen molar-refractivity contribution in [2.24, 2.45) is 5.92 Å². The molecule has 4 aromatic rings. The maximum Gasteiger partial charge on any atom is 0.274 e. The van der Waals surface area contributed by atoms with Crippen LogP contribution in [0.3, 0.4) is 0 Å². The Morgan fingerprint density at radius 3 is 2.79 bits per heavy atom. The molecule has 0 unspecified atom stereocenters. The number of hydrogen-bond donors (Lipinski definition) is 1. The summed E-state index contributed by atoms with van der Waals surface area (Å²) in [5.41, 5.74) is 3.41. The molecule has 0 radical (unpaired) electrons. The Kier molecular flexibility index (Phi) is 5.10. The van der Waals surface area contributed by atoms with Gasteiger partial charge in [-0.2, -0.15) is 0 Å². The number of benzene rings is 2. The number of aromatic nitrogens is 2. The van der Waals surface area contributed by atoms with Gasteiger partial charge in [-0.1, -0.05) is 36.4 Å². The third-order valence-electron chi connectivity index (χ3n) is 6.71. The number of rotatable bonds is 5. The highest BCUT2D eigenvalue weighted by atomic mass is 32.1. The number of likely N-dealkylation sites (tertiary alicyclic amines) is 1. The SMILES string of the molecule is O=C(NC[C@@H]1C[C@@H]2C[C@@H]2N1C(=O)c1ncsc1-c1ccccc1F)c1cccc2cccnc12. The fraction of sp³-hybridized carbons (Fsp3) is 0.231. The number of nitrogens with one attached hydrogen (secondary N) is 1. The smallest absolute Gasteiger partial charge is 0.274 e. The summed E-state index contributed by atoms with van der Waals surface area (Å²) in [6.45, 7) is 0.347. The van der Waals surface area contributed by atoms with Gasteiger partial charge in [0.2, 0.25) is 0 Å². The summed E-state index contributed by atoms with van der Waals surface area (Å²) in [6, 6.07) is 15.7. The van der Waals surface area contributed by atoms with Crippen LogP contribution in [0.15, 0.2) is 66.3 Å². The van der Waals surface area contributed by atoms with Crippen molar-refractivity contribution in [2.75, 3.05) is 6.54 Å². The van der Waals surface area contributed by atoms with E-state index >= 15 is 0 Å². The quantitative estimate of drug-likeness (QED) is 0.463. The lowest BCUT2D eigenvalue weighted by molar-refractivity contribution is 0.0684. The van der Waals surface area contributed by atoms with Crippen molar-refractivity contribution in [3.63, 3.8) is 0 Å². The monoisotopic (exact) mass is 472 g/mol. The number of nitrogens with zero attached hydrogens (tertiary/aromatic N) is 3. The maximum absolute atomic E-state index is 14.4. The second kappa shape index (κ2) is 8.29. The highest BCUT2D eigenvalue weighted by molar-refractivity contribution is 7.13. The Balaban J connectivity index is 1.22. The van der Waals surface area contributed by atoms with E-state index in [0.717, 1.165) is 18.2 Å². The molecule has 2 aliphatic rings. The van der Waals surface area contributed by atoms with Crippen molar-refractivity contribution in [2.45, 2.75) is 24.9 Å². The van der Waals surface area contributed by atoms with Crippen LogP contribution >= 0.6 is 11.3 Å². The first kappa shape index (κ1) is 20.9. The number of piperidine rings is 1. The zero-order chi connectivity index (χ0) is 23.2. The number of pyridine rings is 1. The van der Waals surface area contributed by atoms with Crippen molar-refractivity contribution in [1.29, 1.82) is 0 Å². The standard InChI is InChI=1S/C26H21FN4O2S/c27-20-9-2-1-7-18(20)24-23(30-14-34-24)26(33)31-17(11-16-12-21(16)31)13-29-25(32)19-8-3-5-15-6-4-10-28-22(15)19/h1-10,14,16-17,21H,11-13H2,(H,29,32)/t16-,17+,21+/m1/s1. The number of fused-ring (bicyclic) bond motifs is 2. The molecule has 2 aromatic carbocycles. The van der Waals surface area contributed by atoms with E-state index in [4.69, 9.17) is 0 Å². The number of hydrogen-bond acceptors (Lipinski definition) is 5. The van der Waals surface area contributed by atoms with Gasteiger partial charge in [-0.15, -0.1) is 11.3 Å². The Morgan fingerprint density at radius 1 is 1.06 bits per heavy atom. The van der Waals surface area contributed by atoms with E-state index in [9.17, 15) is 14.0 Å². The summed E-state index contributed by atoms with van der Waals surface area (Å²) in [7, 11) is 0. The van der Waals surface area contributed by atoms with Crippen LogP contribution in [0.25, 0.3) is 21.3 Å². The molecule has 1 N–H and O–H groups in total. The highest BCUT2D eigenvalue weighted by Crippen LogP contribution is 2.48. The first-order valence-corrected chi connectivity index (χ1v) is 12.1. The highest BCUT2D eigenvalue weighted by Gasteiger charge is 2.54. The van der Waals surface area contributed by atoms with Crippen molar-refractivity contribution in [1.82, 2.24) is 20.2 Å². The number of para-hydroxylation sites is 1. The molecule has 34 heavy (non-hydrogen) atoms. The van der Waals surface area contributed by atoms with Gasteiger partial charge in [0.05, 0.1) is 27.5 Å². The van der Waals surface area contributed by atoms with Crippen molar-refractivity contribution in [3.05, 3.63) is 83.4 Å². The Bertz CT molecular complexity index is 1420. The lowest BCUT2D eigenvalue weighted by Gasteiger charge is -2.27. The number of amides is 2. The van der Waals surface area contributed by atoms with Gasteiger partial charge < -0.3 is 10.2 Å². The summed E-state index contributed by atoms with van der Waals surface area (Å²) in [5.74, 6) is -0.340.